The van der Waals surface area contributed by atoms with Crippen LogP contribution >= 0.6 is 0 Å². The van der Waals surface area contributed by atoms with Crippen molar-refractivity contribution in [2.75, 3.05) is 13.7 Å². The fraction of sp³-hybridized carbons (Fsp3) is 0.214. The van der Waals surface area contributed by atoms with Gasteiger partial charge in [-0.2, -0.15) is 4.31 Å². The summed E-state index contributed by atoms with van der Waals surface area (Å²) in [4.78, 5) is 27.9. The minimum absolute atomic E-state index is 0.0392. The molecular weight excluding hydrogens is 476 g/mol. The van der Waals surface area contributed by atoms with Crippen LogP contribution in [0.3, 0.4) is 0 Å². The van der Waals surface area contributed by atoms with Crippen LogP contribution in [0.15, 0.2) is 82.5 Å². The van der Waals surface area contributed by atoms with Crippen LogP contribution in [0.25, 0.3) is 10.9 Å². The lowest BCUT2D eigenvalue weighted by atomic mass is 10.0. The number of H-pyrrole nitrogens is 1. The van der Waals surface area contributed by atoms with Gasteiger partial charge in [-0.25, -0.2) is 13.2 Å². The Morgan fingerprint density at radius 3 is 2.39 bits per heavy atom. The normalized spacial score (nSPS) is 11.7. The molecule has 0 fully saturated rings. The SMILES string of the molecule is COC(=O)c1cccc(S(=O)(=O)N(CCc2ccccc2)Cc2cc3c(C)ccc(C)c3[nH]c2=O)c1. The van der Waals surface area contributed by atoms with Gasteiger partial charge in [0.25, 0.3) is 5.56 Å². The maximum Gasteiger partial charge on any atom is 0.337 e. The highest BCUT2D eigenvalue weighted by Crippen LogP contribution is 2.23. The summed E-state index contributed by atoms with van der Waals surface area (Å²) < 4.78 is 33.6. The number of methoxy groups -OCH3 is 1. The van der Waals surface area contributed by atoms with E-state index in [2.05, 4.69) is 4.98 Å². The summed E-state index contributed by atoms with van der Waals surface area (Å²) >= 11 is 0. The van der Waals surface area contributed by atoms with Gasteiger partial charge >= 0.3 is 5.97 Å². The highest BCUT2D eigenvalue weighted by atomic mass is 32.2. The third kappa shape index (κ3) is 5.24. The van der Waals surface area contributed by atoms with Crippen LogP contribution in [-0.4, -0.2) is 37.3 Å². The summed E-state index contributed by atoms with van der Waals surface area (Å²) in [6, 6.07) is 21.0. The van der Waals surface area contributed by atoms with Gasteiger partial charge in [0.15, 0.2) is 0 Å². The molecule has 1 aromatic heterocycles. The molecule has 0 unspecified atom stereocenters. The topological polar surface area (TPSA) is 96.5 Å². The first-order valence-electron chi connectivity index (χ1n) is 11.6. The van der Waals surface area contributed by atoms with Gasteiger partial charge in [-0.05, 0) is 61.2 Å². The van der Waals surface area contributed by atoms with E-state index >= 15 is 0 Å². The number of hydrogen-bond acceptors (Lipinski definition) is 5. The third-order valence-electron chi connectivity index (χ3n) is 6.25. The second-order valence-corrected chi connectivity index (χ2v) is 10.6. The molecule has 4 rings (SSSR count). The minimum atomic E-state index is -4.05. The number of carbonyl (C=O) groups is 1. The molecule has 0 bridgehead atoms. The van der Waals surface area contributed by atoms with Gasteiger partial charge in [-0.1, -0.05) is 48.5 Å². The molecule has 1 N–H and O–H groups in total. The molecule has 0 radical (unpaired) electrons. The van der Waals surface area contributed by atoms with Crippen LogP contribution in [0.5, 0.6) is 0 Å². The first-order chi connectivity index (χ1) is 17.2. The number of carbonyl (C=O) groups excluding carboxylic acids is 1. The molecule has 36 heavy (non-hydrogen) atoms. The van der Waals surface area contributed by atoms with Crippen LogP contribution in [0, 0.1) is 13.8 Å². The summed E-state index contributed by atoms with van der Waals surface area (Å²) in [6.45, 7) is 3.91. The average molecular weight is 505 g/mol. The van der Waals surface area contributed by atoms with Crippen molar-refractivity contribution in [2.24, 2.45) is 0 Å². The molecule has 7 nitrogen and oxygen atoms in total. The number of benzene rings is 3. The smallest absolute Gasteiger partial charge is 0.337 e. The van der Waals surface area contributed by atoms with Gasteiger partial charge in [-0.15, -0.1) is 0 Å². The number of esters is 1. The van der Waals surface area contributed by atoms with E-state index in [1.165, 1.54) is 35.7 Å². The lowest BCUT2D eigenvalue weighted by molar-refractivity contribution is 0.0600. The average Bonchev–Trinajstić information content (AvgIpc) is 2.89. The van der Waals surface area contributed by atoms with Crippen molar-refractivity contribution in [3.8, 4) is 0 Å². The van der Waals surface area contributed by atoms with Crippen molar-refractivity contribution < 1.29 is 17.9 Å². The molecule has 186 valence electrons. The quantitative estimate of drug-likeness (QED) is 0.360. The predicted octanol–water partition coefficient (Wildman–Crippen LogP) is 4.37. The van der Waals surface area contributed by atoms with E-state index in [9.17, 15) is 18.0 Å². The second kappa shape index (κ2) is 10.5. The van der Waals surface area contributed by atoms with E-state index in [1.54, 1.807) is 6.07 Å². The number of hydrogen-bond donors (Lipinski definition) is 1. The van der Waals surface area contributed by atoms with Gasteiger partial charge in [0, 0.05) is 24.0 Å². The molecule has 1 heterocycles. The first-order valence-corrected chi connectivity index (χ1v) is 13.0. The van der Waals surface area contributed by atoms with Crippen molar-refractivity contribution in [3.05, 3.63) is 111 Å². The summed E-state index contributed by atoms with van der Waals surface area (Å²) in [5.41, 5.74) is 3.78. The number of ether oxygens (including phenoxy) is 1. The fourth-order valence-electron chi connectivity index (χ4n) is 4.16. The van der Waals surface area contributed by atoms with E-state index in [0.717, 1.165) is 27.6 Å². The number of sulfonamides is 1. The van der Waals surface area contributed by atoms with Crippen molar-refractivity contribution in [3.63, 3.8) is 0 Å². The van der Waals surface area contributed by atoms with Crippen LogP contribution in [0.2, 0.25) is 0 Å². The van der Waals surface area contributed by atoms with Crippen molar-refractivity contribution in [1.29, 1.82) is 0 Å². The summed E-state index contributed by atoms with van der Waals surface area (Å²) in [6.07, 6.45) is 0.459. The summed E-state index contributed by atoms with van der Waals surface area (Å²) in [7, 11) is -2.81. The zero-order chi connectivity index (χ0) is 25.9. The summed E-state index contributed by atoms with van der Waals surface area (Å²) in [5, 5.41) is 0.873. The number of aromatic nitrogens is 1. The molecule has 0 spiro atoms. The molecule has 0 aliphatic heterocycles. The number of nitrogens with one attached hydrogen (secondary N) is 1. The van der Waals surface area contributed by atoms with Crippen LogP contribution in [0.1, 0.15) is 32.6 Å². The Kier molecular flexibility index (Phi) is 7.37. The molecule has 0 amide bonds. The fourth-order valence-corrected chi connectivity index (χ4v) is 5.62. The zero-order valence-electron chi connectivity index (χ0n) is 20.4. The molecule has 8 heteroatoms. The molecule has 0 saturated carbocycles. The van der Waals surface area contributed by atoms with Gasteiger partial charge in [0.1, 0.15) is 0 Å². The first kappa shape index (κ1) is 25.3. The predicted molar refractivity (Wildman–Crippen MR) is 140 cm³/mol. The standard InChI is InChI=1S/C28H28N2O5S/c1-19-12-13-20(2)26-25(19)17-23(27(31)29-26)18-30(15-14-21-8-5-4-6-9-21)36(33,34)24-11-7-10-22(16-24)28(32)35-3/h4-13,16-17H,14-15,18H2,1-3H3,(H,29,31). The van der Waals surface area contributed by atoms with Crippen molar-refractivity contribution >= 4 is 26.9 Å². The largest absolute Gasteiger partial charge is 0.465 e. The van der Waals surface area contributed by atoms with Gasteiger partial charge in [-0.3, -0.25) is 4.79 Å². The number of nitrogens with zero attached hydrogens (tertiary/aromatic N) is 1. The van der Waals surface area contributed by atoms with E-state index in [0.29, 0.717) is 12.0 Å². The van der Waals surface area contributed by atoms with Crippen LogP contribution < -0.4 is 5.56 Å². The maximum atomic E-state index is 13.8. The molecule has 0 aliphatic rings. The molecule has 0 saturated heterocycles. The Balaban J connectivity index is 1.76. The number of aryl methyl sites for hydroxylation is 2. The third-order valence-corrected chi connectivity index (χ3v) is 8.09. The highest BCUT2D eigenvalue weighted by Gasteiger charge is 2.27. The maximum absolute atomic E-state index is 13.8. The summed E-state index contributed by atoms with van der Waals surface area (Å²) in [5.74, 6) is -0.625. The Morgan fingerprint density at radius 1 is 0.944 bits per heavy atom. The Morgan fingerprint density at radius 2 is 1.67 bits per heavy atom. The molecule has 3 aromatic carbocycles. The molecular formula is C28H28N2O5S. The Labute approximate surface area is 210 Å². The van der Waals surface area contributed by atoms with E-state index < -0.39 is 16.0 Å². The zero-order valence-corrected chi connectivity index (χ0v) is 21.3. The highest BCUT2D eigenvalue weighted by molar-refractivity contribution is 7.89. The number of pyridine rings is 1. The Hall–Kier alpha value is -3.75. The second-order valence-electron chi connectivity index (χ2n) is 8.71. The van der Waals surface area contributed by atoms with E-state index in [4.69, 9.17) is 4.74 Å². The monoisotopic (exact) mass is 504 g/mol. The van der Waals surface area contributed by atoms with Gasteiger partial charge in [0.2, 0.25) is 10.0 Å². The number of rotatable bonds is 8. The molecule has 4 aromatic rings. The number of fused-ring (bicyclic) bond motifs is 1. The van der Waals surface area contributed by atoms with Gasteiger partial charge < -0.3 is 9.72 Å². The van der Waals surface area contributed by atoms with E-state index in [1.807, 2.05) is 56.3 Å². The minimum Gasteiger partial charge on any atom is -0.465 e. The van der Waals surface area contributed by atoms with Gasteiger partial charge in [0.05, 0.1) is 23.1 Å². The molecule has 0 aliphatic carbocycles. The molecule has 0 atom stereocenters. The number of aromatic amines is 1. The lowest BCUT2D eigenvalue weighted by Crippen LogP contribution is -2.34. The van der Waals surface area contributed by atoms with Crippen LogP contribution in [-0.2, 0) is 27.7 Å². The Bertz CT molecular complexity index is 1580. The van der Waals surface area contributed by atoms with Crippen LogP contribution in [0.4, 0.5) is 0 Å². The lowest BCUT2D eigenvalue weighted by Gasteiger charge is -2.23. The van der Waals surface area contributed by atoms with Crippen molar-refractivity contribution in [1.82, 2.24) is 9.29 Å². The van der Waals surface area contributed by atoms with E-state index in [-0.39, 0.29) is 29.1 Å². The van der Waals surface area contributed by atoms with Crippen molar-refractivity contribution in [2.45, 2.75) is 31.7 Å².